The number of aromatic nitrogens is 2. The number of sulfonamides is 1. The molecule has 0 unspecified atom stereocenters. The first-order valence-corrected chi connectivity index (χ1v) is 12.1. The van der Waals surface area contributed by atoms with Crippen LogP contribution < -0.4 is 10.0 Å². The number of benzene rings is 3. The summed E-state index contributed by atoms with van der Waals surface area (Å²) in [6.45, 7) is 0. The van der Waals surface area contributed by atoms with Crippen LogP contribution in [0.4, 0.5) is 11.7 Å². The summed E-state index contributed by atoms with van der Waals surface area (Å²) >= 11 is 1.59. The van der Waals surface area contributed by atoms with E-state index in [1.54, 1.807) is 48.2 Å². The van der Waals surface area contributed by atoms with E-state index in [0.717, 1.165) is 10.5 Å². The predicted molar refractivity (Wildman–Crippen MR) is 123 cm³/mol. The highest BCUT2D eigenvalue weighted by Gasteiger charge is 2.16. The maximum atomic E-state index is 12.6. The second-order valence-electron chi connectivity index (χ2n) is 6.60. The zero-order valence-electron chi connectivity index (χ0n) is 16.8. The Bertz CT molecular complexity index is 1360. The van der Waals surface area contributed by atoms with Crippen LogP contribution in [0, 0.1) is 0 Å². The smallest absolute Gasteiger partial charge is 0.322 e. The number of anilines is 2. The Morgan fingerprint density at radius 1 is 0.938 bits per heavy atom. The molecule has 0 saturated heterocycles. The minimum absolute atomic E-state index is 0.0603. The molecule has 162 valence electrons. The third kappa shape index (κ3) is 4.98. The Hall–Kier alpha value is -3.63. The van der Waals surface area contributed by atoms with Crippen molar-refractivity contribution in [2.45, 2.75) is 9.79 Å². The van der Waals surface area contributed by atoms with Crippen LogP contribution in [-0.2, 0) is 10.0 Å². The first-order valence-electron chi connectivity index (χ1n) is 9.42. The van der Waals surface area contributed by atoms with Crippen LogP contribution in [0.25, 0.3) is 11.5 Å². The van der Waals surface area contributed by atoms with Crippen LogP contribution in [0.1, 0.15) is 10.4 Å². The summed E-state index contributed by atoms with van der Waals surface area (Å²) in [5.41, 5.74) is 1.21. The number of hydrogen-bond acceptors (Lipinski definition) is 7. The number of thioether (sulfide) groups is 1. The summed E-state index contributed by atoms with van der Waals surface area (Å²) in [6.07, 6.45) is 1.96. The van der Waals surface area contributed by atoms with Gasteiger partial charge in [0, 0.05) is 21.7 Å². The third-order valence-corrected chi connectivity index (χ3v) is 6.52. The van der Waals surface area contributed by atoms with Crippen molar-refractivity contribution in [2.75, 3.05) is 16.3 Å². The minimum Gasteiger partial charge on any atom is -0.403 e. The van der Waals surface area contributed by atoms with Crippen molar-refractivity contribution in [3.05, 3.63) is 84.4 Å². The van der Waals surface area contributed by atoms with Crippen LogP contribution in [0.15, 0.2) is 93.1 Å². The van der Waals surface area contributed by atoms with E-state index in [4.69, 9.17) is 4.42 Å². The van der Waals surface area contributed by atoms with Gasteiger partial charge in [0.05, 0.1) is 4.90 Å². The lowest BCUT2D eigenvalue weighted by Gasteiger charge is -2.09. The summed E-state index contributed by atoms with van der Waals surface area (Å²) in [5, 5.41) is 10.4. The van der Waals surface area contributed by atoms with Gasteiger partial charge in [0.15, 0.2) is 0 Å². The van der Waals surface area contributed by atoms with E-state index in [-0.39, 0.29) is 28.1 Å². The number of amides is 1. The van der Waals surface area contributed by atoms with Gasteiger partial charge in [0.1, 0.15) is 0 Å². The Morgan fingerprint density at radius 3 is 2.50 bits per heavy atom. The van der Waals surface area contributed by atoms with Crippen molar-refractivity contribution in [3.63, 3.8) is 0 Å². The first kappa shape index (κ1) is 21.6. The normalized spacial score (nSPS) is 11.2. The first-order chi connectivity index (χ1) is 15.4. The average Bonchev–Trinajstić information content (AvgIpc) is 3.28. The molecule has 0 bridgehead atoms. The molecule has 0 saturated carbocycles. The quantitative estimate of drug-likeness (QED) is 0.385. The molecule has 0 atom stereocenters. The van der Waals surface area contributed by atoms with Gasteiger partial charge in [-0.3, -0.25) is 14.8 Å². The summed E-state index contributed by atoms with van der Waals surface area (Å²) < 4.78 is 33.0. The SMILES string of the molecule is CSc1cccc(-c2nnc(NC(=O)c3cccc(NS(=O)(=O)c4ccccc4)c3)o2)c1. The number of rotatable bonds is 7. The average molecular weight is 467 g/mol. The van der Waals surface area contributed by atoms with Crippen molar-refractivity contribution in [3.8, 4) is 11.5 Å². The molecule has 4 rings (SSSR count). The summed E-state index contributed by atoms with van der Waals surface area (Å²) in [5.74, 6) is -0.237. The van der Waals surface area contributed by atoms with Crippen LogP contribution in [0.3, 0.4) is 0 Å². The van der Waals surface area contributed by atoms with Gasteiger partial charge in [-0.05, 0) is 54.8 Å². The fourth-order valence-electron chi connectivity index (χ4n) is 2.85. The van der Waals surface area contributed by atoms with Crippen LogP contribution in [-0.4, -0.2) is 30.8 Å². The predicted octanol–water partition coefficient (Wildman–Crippen LogP) is 4.51. The molecule has 1 heterocycles. The van der Waals surface area contributed by atoms with E-state index in [1.165, 1.54) is 18.2 Å². The van der Waals surface area contributed by atoms with Gasteiger partial charge in [0.25, 0.3) is 15.9 Å². The van der Waals surface area contributed by atoms with E-state index in [2.05, 4.69) is 20.2 Å². The molecule has 0 aliphatic carbocycles. The maximum Gasteiger partial charge on any atom is 0.322 e. The molecule has 2 N–H and O–H groups in total. The molecule has 0 fully saturated rings. The van der Waals surface area contributed by atoms with Crippen molar-refractivity contribution in [1.82, 2.24) is 10.2 Å². The second-order valence-corrected chi connectivity index (χ2v) is 9.16. The Kier molecular flexibility index (Phi) is 6.24. The van der Waals surface area contributed by atoms with E-state index in [0.29, 0.717) is 0 Å². The summed E-state index contributed by atoms with van der Waals surface area (Å²) in [7, 11) is -3.77. The second kappa shape index (κ2) is 9.25. The van der Waals surface area contributed by atoms with Gasteiger partial charge in [-0.15, -0.1) is 16.9 Å². The van der Waals surface area contributed by atoms with Gasteiger partial charge < -0.3 is 4.42 Å². The Morgan fingerprint density at radius 2 is 1.72 bits per heavy atom. The highest BCUT2D eigenvalue weighted by molar-refractivity contribution is 7.98. The largest absolute Gasteiger partial charge is 0.403 e. The third-order valence-electron chi connectivity index (χ3n) is 4.39. The van der Waals surface area contributed by atoms with Crippen LogP contribution in [0.2, 0.25) is 0 Å². The van der Waals surface area contributed by atoms with E-state index < -0.39 is 15.9 Å². The van der Waals surface area contributed by atoms with Gasteiger partial charge in [-0.2, -0.15) is 0 Å². The van der Waals surface area contributed by atoms with E-state index in [9.17, 15) is 13.2 Å². The number of hydrogen-bond donors (Lipinski definition) is 2. The topological polar surface area (TPSA) is 114 Å². The highest BCUT2D eigenvalue weighted by Crippen LogP contribution is 2.25. The van der Waals surface area contributed by atoms with Crippen molar-refractivity contribution < 1.29 is 17.6 Å². The van der Waals surface area contributed by atoms with Crippen molar-refractivity contribution >= 4 is 39.4 Å². The van der Waals surface area contributed by atoms with Gasteiger partial charge in [-0.1, -0.05) is 35.4 Å². The molecule has 1 amide bonds. The lowest BCUT2D eigenvalue weighted by molar-refractivity contribution is 0.102. The molecule has 1 aromatic heterocycles. The van der Waals surface area contributed by atoms with Gasteiger partial charge in [-0.25, -0.2) is 8.42 Å². The standard InChI is InChI=1S/C22H18N4O4S2/c1-31-18-10-6-8-16(14-18)21-24-25-22(30-21)23-20(27)15-7-5-9-17(13-15)26-32(28,29)19-11-3-2-4-12-19/h2-14,26H,1H3,(H,23,25,27). The molecular weight excluding hydrogens is 448 g/mol. The molecule has 10 heteroatoms. The van der Waals surface area contributed by atoms with Crippen molar-refractivity contribution in [2.24, 2.45) is 0 Å². The van der Waals surface area contributed by atoms with Gasteiger partial charge in [0.2, 0.25) is 5.89 Å². The molecule has 0 spiro atoms. The molecule has 0 radical (unpaired) electrons. The number of carbonyl (C=O) groups is 1. The number of nitrogens with zero attached hydrogens (tertiary/aromatic N) is 2. The molecular formula is C22H18N4O4S2. The Balaban J connectivity index is 1.48. The zero-order valence-corrected chi connectivity index (χ0v) is 18.5. The summed E-state index contributed by atoms with van der Waals surface area (Å²) in [4.78, 5) is 13.8. The monoisotopic (exact) mass is 466 g/mol. The number of carbonyl (C=O) groups excluding carboxylic acids is 1. The minimum atomic E-state index is -3.77. The lowest BCUT2D eigenvalue weighted by atomic mass is 10.2. The maximum absolute atomic E-state index is 12.6. The highest BCUT2D eigenvalue weighted by atomic mass is 32.2. The zero-order chi connectivity index (χ0) is 22.6. The fourth-order valence-corrected chi connectivity index (χ4v) is 4.38. The van der Waals surface area contributed by atoms with E-state index in [1.807, 2.05) is 30.5 Å². The van der Waals surface area contributed by atoms with Crippen molar-refractivity contribution in [1.29, 1.82) is 0 Å². The molecule has 8 nitrogen and oxygen atoms in total. The van der Waals surface area contributed by atoms with Gasteiger partial charge >= 0.3 is 6.01 Å². The molecule has 3 aromatic carbocycles. The van der Waals surface area contributed by atoms with E-state index >= 15 is 0 Å². The molecule has 4 aromatic rings. The van der Waals surface area contributed by atoms with Crippen LogP contribution in [0.5, 0.6) is 0 Å². The molecule has 0 aliphatic rings. The molecule has 0 aliphatic heterocycles. The fraction of sp³-hybridized carbons (Fsp3) is 0.0455. The number of nitrogens with one attached hydrogen (secondary N) is 2. The Labute approximate surface area is 189 Å². The summed E-state index contributed by atoms with van der Waals surface area (Å²) in [6, 6.07) is 21.6. The van der Waals surface area contributed by atoms with Crippen LogP contribution >= 0.6 is 11.8 Å². The lowest BCUT2D eigenvalue weighted by Crippen LogP contribution is -2.15. The molecule has 32 heavy (non-hydrogen) atoms.